The molecule has 1 aromatic rings. The lowest BCUT2D eigenvalue weighted by molar-refractivity contribution is -0.138. The number of carbonyl (C=O) groups excluding carboxylic acids is 2. The number of hydrogen-bond acceptors (Lipinski definition) is 3. The first kappa shape index (κ1) is 13.6. The average molecular weight is 264 g/mol. The summed E-state index contributed by atoms with van der Waals surface area (Å²) in [5.74, 6) is 0.713. The van der Waals surface area contributed by atoms with E-state index in [2.05, 4.69) is 10.3 Å². The number of aryl methyl sites for hydroxylation is 1. The van der Waals surface area contributed by atoms with E-state index in [-0.39, 0.29) is 11.8 Å². The van der Waals surface area contributed by atoms with Gasteiger partial charge in [0.1, 0.15) is 11.4 Å². The summed E-state index contributed by atoms with van der Waals surface area (Å²) < 4.78 is 1.89. The van der Waals surface area contributed by atoms with Gasteiger partial charge in [0.25, 0.3) is 0 Å². The van der Waals surface area contributed by atoms with Crippen molar-refractivity contribution >= 4 is 11.8 Å². The van der Waals surface area contributed by atoms with E-state index in [0.29, 0.717) is 25.9 Å². The monoisotopic (exact) mass is 264 g/mol. The Morgan fingerprint density at radius 2 is 2.21 bits per heavy atom. The smallest absolute Gasteiger partial charge is 0.248 e. The third-order valence-corrected chi connectivity index (χ3v) is 3.74. The molecule has 0 saturated carbocycles. The van der Waals surface area contributed by atoms with Gasteiger partial charge in [-0.05, 0) is 13.3 Å². The predicted molar refractivity (Wildman–Crippen MR) is 70.1 cm³/mol. The summed E-state index contributed by atoms with van der Waals surface area (Å²) >= 11 is 0. The standard InChI is InChI=1S/C13H20N4O2/c1-4-13(2)12(19)17(7-5-11(18)15-13)9-10-14-6-8-16(10)3/h6,8H,4-5,7,9H2,1-3H3,(H,15,18). The van der Waals surface area contributed by atoms with Crippen molar-refractivity contribution in [2.24, 2.45) is 7.05 Å². The summed E-state index contributed by atoms with van der Waals surface area (Å²) in [6.45, 7) is 4.56. The van der Waals surface area contributed by atoms with Gasteiger partial charge in [-0.1, -0.05) is 6.92 Å². The Hall–Kier alpha value is -1.85. The fraction of sp³-hybridized carbons (Fsp3) is 0.615. The van der Waals surface area contributed by atoms with E-state index in [1.807, 2.05) is 24.7 Å². The normalized spacial score (nSPS) is 24.3. The number of carbonyl (C=O) groups is 2. The third kappa shape index (κ3) is 2.62. The van der Waals surface area contributed by atoms with Crippen LogP contribution in [0.25, 0.3) is 0 Å². The summed E-state index contributed by atoms with van der Waals surface area (Å²) in [5.41, 5.74) is -0.807. The Labute approximate surface area is 112 Å². The molecule has 1 atom stereocenters. The minimum atomic E-state index is -0.807. The van der Waals surface area contributed by atoms with Crippen LogP contribution in [0.3, 0.4) is 0 Å². The summed E-state index contributed by atoms with van der Waals surface area (Å²) in [6, 6.07) is 0. The van der Waals surface area contributed by atoms with Crippen LogP contribution in [-0.4, -0.2) is 38.3 Å². The molecule has 2 heterocycles. The van der Waals surface area contributed by atoms with Crippen LogP contribution in [-0.2, 0) is 23.2 Å². The minimum absolute atomic E-state index is 0.0381. The van der Waals surface area contributed by atoms with Crippen molar-refractivity contribution in [1.29, 1.82) is 0 Å². The van der Waals surface area contributed by atoms with Crippen LogP contribution in [0.5, 0.6) is 0 Å². The highest BCUT2D eigenvalue weighted by atomic mass is 16.2. The second kappa shape index (κ2) is 5.03. The lowest BCUT2D eigenvalue weighted by atomic mass is 9.97. The Morgan fingerprint density at radius 3 is 2.79 bits per heavy atom. The Balaban J connectivity index is 2.22. The van der Waals surface area contributed by atoms with Crippen LogP contribution in [0.1, 0.15) is 32.5 Å². The van der Waals surface area contributed by atoms with Crippen LogP contribution in [0.2, 0.25) is 0 Å². The molecule has 0 bridgehead atoms. The molecule has 0 aliphatic carbocycles. The minimum Gasteiger partial charge on any atom is -0.342 e. The molecule has 0 spiro atoms. The molecule has 1 N–H and O–H groups in total. The molecule has 6 heteroatoms. The maximum absolute atomic E-state index is 12.6. The Bertz CT molecular complexity index is 497. The van der Waals surface area contributed by atoms with E-state index >= 15 is 0 Å². The van der Waals surface area contributed by atoms with Gasteiger partial charge in [-0.15, -0.1) is 0 Å². The van der Waals surface area contributed by atoms with Gasteiger partial charge < -0.3 is 14.8 Å². The second-order valence-electron chi connectivity index (χ2n) is 5.16. The van der Waals surface area contributed by atoms with E-state index in [1.165, 1.54) is 0 Å². The van der Waals surface area contributed by atoms with Crippen molar-refractivity contribution in [1.82, 2.24) is 19.8 Å². The molecule has 1 fully saturated rings. The quantitative estimate of drug-likeness (QED) is 0.861. The highest BCUT2D eigenvalue weighted by molar-refractivity contribution is 5.93. The van der Waals surface area contributed by atoms with E-state index in [9.17, 15) is 9.59 Å². The number of nitrogens with zero attached hydrogens (tertiary/aromatic N) is 3. The fourth-order valence-corrected chi connectivity index (χ4v) is 2.22. The average Bonchev–Trinajstić information content (AvgIpc) is 2.74. The number of nitrogens with one attached hydrogen (secondary N) is 1. The van der Waals surface area contributed by atoms with Gasteiger partial charge in [0.2, 0.25) is 11.8 Å². The molecule has 1 aromatic heterocycles. The Kier molecular flexibility index (Phi) is 3.59. The van der Waals surface area contributed by atoms with E-state index in [4.69, 9.17) is 0 Å². The summed E-state index contributed by atoms with van der Waals surface area (Å²) in [4.78, 5) is 30.2. The molecular formula is C13H20N4O2. The molecule has 0 radical (unpaired) electrons. The molecule has 104 valence electrons. The molecule has 0 aromatic carbocycles. The number of aromatic nitrogens is 2. The van der Waals surface area contributed by atoms with Crippen LogP contribution < -0.4 is 5.32 Å². The molecule has 1 aliphatic heterocycles. The zero-order valence-electron chi connectivity index (χ0n) is 11.6. The van der Waals surface area contributed by atoms with E-state index in [1.54, 1.807) is 18.0 Å². The number of amides is 2. The maximum Gasteiger partial charge on any atom is 0.248 e. The SMILES string of the molecule is CCC1(C)NC(=O)CCN(Cc2nccn2C)C1=O. The summed E-state index contributed by atoms with van der Waals surface area (Å²) in [6.07, 6.45) is 4.47. The summed E-state index contributed by atoms with van der Waals surface area (Å²) in [5, 5.41) is 2.82. The lowest BCUT2D eigenvalue weighted by Crippen LogP contribution is -2.54. The lowest BCUT2D eigenvalue weighted by Gasteiger charge is -2.31. The number of rotatable bonds is 3. The predicted octanol–water partition coefficient (Wildman–Crippen LogP) is 0.437. The first-order valence-corrected chi connectivity index (χ1v) is 6.53. The molecule has 1 aliphatic rings. The molecule has 19 heavy (non-hydrogen) atoms. The van der Waals surface area contributed by atoms with Crippen molar-refractivity contribution < 1.29 is 9.59 Å². The molecule has 2 rings (SSSR count). The van der Waals surface area contributed by atoms with Crippen molar-refractivity contribution in [3.63, 3.8) is 0 Å². The topological polar surface area (TPSA) is 67.2 Å². The molecular weight excluding hydrogens is 244 g/mol. The highest BCUT2D eigenvalue weighted by Crippen LogP contribution is 2.19. The van der Waals surface area contributed by atoms with Crippen molar-refractivity contribution in [2.45, 2.75) is 38.8 Å². The van der Waals surface area contributed by atoms with Crippen molar-refractivity contribution in [3.8, 4) is 0 Å². The second-order valence-corrected chi connectivity index (χ2v) is 5.16. The molecule has 2 amide bonds. The van der Waals surface area contributed by atoms with Gasteiger partial charge in [0.15, 0.2) is 0 Å². The van der Waals surface area contributed by atoms with Gasteiger partial charge in [0.05, 0.1) is 6.54 Å². The number of imidazole rings is 1. The van der Waals surface area contributed by atoms with E-state index in [0.717, 1.165) is 5.82 Å². The fourth-order valence-electron chi connectivity index (χ4n) is 2.22. The molecule has 1 saturated heterocycles. The first-order valence-electron chi connectivity index (χ1n) is 6.53. The zero-order chi connectivity index (χ0) is 14.0. The summed E-state index contributed by atoms with van der Waals surface area (Å²) in [7, 11) is 1.90. The Morgan fingerprint density at radius 1 is 1.47 bits per heavy atom. The van der Waals surface area contributed by atoms with Gasteiger partial charge in [-0.3, -0.25) is 9.59 Å². The van der Waals surface area contributed by atoms with Crippen LogP contribution >= 0.6 is 0 Å². The van der Waals surface area contributed by atoms with Crippen LogP contribution in [0.15, 0.2) is 12.4 Å². The van der Waals surface area contributed by atoms with Gasteiger partial charge in [0, 0.05) is 32.4 Å². The zero-order valence-corrected chi connectivity index (χ0v) is 11.6. The number of hydrogen-bond donors (Lipinski definition) is 1. The van der Waals surface area contributed by atoms with Gasteiger partial charge in [-0.25, -0.2) is 4.98 Å². The largest absolute Gasteiger partial charge is 0.342 e. The van der Waals surface area contributed by atoms with Crippen molar-refractivity contribution in [3.05, 3.63) is 18.2 Å². The van der Waals surface area contributed by atoms with E-state index < -0.39 is 5.54 Å². The maximum atomic E-state index is 12.6. The van der Waals surface area contributed by atoms with Crippen LogP contribution in [0, 0.1) is 0 Å². The third-order valence-electron chi connectivity index (χ3n) is 3.74. The van der Waals surface area contributed by atoms with Crippen LogP contribution in [0.4, 0.5) is 0 Å². The van der Waals surface area contributed by atoms with Crippen molar-refractivity contribution in [2.75, 3.05) is 6.54 Å². The molecule has 1 unspecified atom stereocenters. The highest BCUT2D eigenvalue weighted by Gasteiger charge is 2.39. The van der Waals surface area contributed by atoms with Gasteiger partial charge in [-0.2, -0.15) is 0 Å². The first-order chi connectivity index (χ1) is 8.96. The molecule has 6 nitrogen and oxygen atoms in total. The van der Waals surface area contributed by atoms with Gasteiger partial charge >= 0.3 is 0 Å².